The number of aryl methyl sites for hydroxylation is 1. The zero-order chi connectivity index (χ0) is 18.4. The van der Waals surface area contributed by atoms with Crippen molar-refractivity contribution in [1.82, 2.24) is 10.2 Å². The second kappa shape index (κ2) is 8.62. The summed E-state index contributed by atoms with van der Waals surface area (Å²) in [4.78, 5) is 37.2. The lowest BCUT2D eigenvalue weighted by atomic mass is 10.0. The number of methoxy groups -OCH3 is 1. The lowest BCUT2D eigenvalue weighted by Gasteiger charge is -2.32. The molecule has 136 valence electrons. The van der Waals surface area contributed by atoms with E-state index in [2.05, 4.69) is 5.32 Å². The van der Waals surface area contributed by atoms with Gasteiger partial charge in [0.1, 0.15) is 0 Å². The zero-order valence-electron chi connectivity index (χ0n) is 14.6. The minimum Gasteiger partial charge on any atom is -0.478 e. The summed E-state index contributed by atoms with van der Waals surface area (Å²) in [5.74, 6) is -1.27. The Morgan fingerprint density at radius 1 is 1.20 bits per heavy atom. The van der Waals surface area contributed by atoms with Crippen LogP contribution in [0.4, 0.5) is 0 Å². The number of amides is 2. The van der Waals surface area contributed by atoms with Crippen molar-refractivity contribution < 1.29 is 24.2 Å². The number of aromatic carboxylic acids is 1. The van der Waals surface area contributed by atoms with E-state index in [-0.39, 0.29) is 23.4 Å². The molecule has 1 saturated heterocycles. The molecule has 1 aliphatic rings. The highest BCUT2D eigenvalue weighted by atomic mass is 16.5. The molecule has 1 heterocycles. The van der Waals surface area contributed by atoms with Gasteiger partial charge in [0, 0.05) is 31.8 Å². The number of nitrogens with zero attached hydrogens (tertiary/aromatic N) is 1. The maximum Gasteiger partial charge on any atom is 0.335 e. The van der Waals surface area contributed by atoms with Crippen LogP contribution in [0, 0.1) is 6.92 Å². The van der Waals surface area contributed by atoms with Crippen LogP contribution in [0.1, 0.15) is 45.5 Å². The normalized spacial score (nSPS) is 15.0. The number of carbonyl (C=O) groups excluding carboxylic acids is 2. The average molecular weight is 348 g/mol. The number of nitrogens with one attached hydrogen (secondary N) is 1. The summed E-state index contributed by atoms with van der Waals surface area (Å²) in [6.07, 6.45) is 1.74. The van der Waals surface area contributed by atoms with Crippen LogP contribution >= 0.6 is 0 Å². The molecule has 1 aromatic carbocycles. The van der Waals surface area contributed by atoms with Crippen LogP contribution < -0.4 is 5.32 Å². The molecule has 1 fully saturated rings. The molecule has 0 spiro atoms. The van der Waals surface area contributed by atoms with E-state index >= 15 is 0 Å². The first-order valence-electron chi connectivity index (χ1n) is 8.33. The molecule has 0 atom stereocenters. The molecule has 1 aromatic rings. The molecule has 2 N–H and O–H groups in total. The van der Waals surface area contributed by atoms with Crippen LogP contribution in [0.5, 0.6) is 0 Å². The van der Waals surface area contributed by atoms with Gasteiger partial charge in [0.2, 0.25) is 5.91 Å². The Balaban J connectivity index is 1.90. The third-order valence-electron chi connectivity index (χ3n) is 4.29. The number of ether oxygens (including phenoxy) is 1. The molecule has 0 radical (unpaired) electrons. The molecule has 2 rings (SSSR count). The third-order valence-corrected chi connectivity index (χ3v) is 4.29. The minimum atomic E-state index is -1.05. The van der Waals surface area contributed by atoms with Crippen molar-refractivity contribution in [3.63, 3.8) is 0 Å². The van der Waals surface area contributed by atoms with Gasteiger partial charge < -0.3 is 20.1 Å². The number of carboxylic acid groups (broad SMARTS) is 1. The molecule has 1 aliphatic heterocycles. The fraction of sp³-hybridized carbons (Fsp3) is 0.500. The summed E-state index contributed by atoms with van der Waals surface area (Å²) < 4.78 is 4.92. The van der Waals surface area contributed by atoms with Crippen LogP contribution in [0.2, 0.25) is 0 Å². The summed E-state index contributed by atoms with van der Waals surface area (Å²) >= 11 is 0. The largest absolute Gasteiger partial charge is 0.478 e. The van der Waals surface area contributed by atoms with Crippen LogP contribution in [-0.4, -0.2) is 60.6 Å². The first-order valence-corrected chi connectivity index (χ1v) is 8.33. The van der Waals surface area contributed by atoms with E-state index in [0.29, 0.717) is 44.5 Å². The van der Waals surface area contributed by atoms with E-state index < -0.39 is 5.97 Å². The molecule has 7 heteroatoms. The Morgan fingerprint density at radius 3 is 2.44 bits per heavy atom. The summed E-state index contributed by atoms with van der Waals surface area (Å²) in [7, 11) is 1.57. The molecule has 0 aromatic heterocycles. The Morgan fingerprint density at radius 2 is 1.84 bits per heavy atom. The predicted octanol–water partition coefficient (Wildman–Crippen LogP) is 1.45. The van der Waals surface area contributed by atoms with E-state index in [4.69, 9.17) is 9.84 Å². The van der Waals surface area contributed by atoms with Crippen LogP contribution in [0.3, 0.4) is 0 Å². The third kappa shape index (κ3) is 5.29. The lowest BCUT2D eigenvalue weighted by Crippen LogP contribution is -2.46. The molecular weight excluding hydrogens is 324 g/mol. The average Bonchev–Trinajstić information content (AvgIpc) is 2.59. The molecule has 0 bridgehead atoms. The number of benzene rings is 1. The van der Waals surface area contributed by atoms with E-state index in [1.807, 2.05) is 0 Å². The van der Waals surface area contributed by atoms with Crippen molar-refractivity contribution in [2.45, 2.75) is 32.2 Å². The highest BCUT2D eigenvalue weighted by Crippen LogP contribution is 2.14. The standard InChI is InChI=1S/C18H24N2O5/c1-12-9-13(11-14(10-12)18(23)24)17(22)19-15-3-6-20(7-4-15)16(21)5-8-25-2/h9-11,15H,3-8H2,1-2H3,(H,19,22)(H,23,24). The Kier molecular flexibility index (Phi) is 6.52. The number of piperidine rings is 1. The van der Waals surface area contributed by atoms with Crippen molar-refractivity contribution >= 4 is 17.8 Å². The first kappa shape index (κ1) is 18.9. The summed E-state index contributed by atoms with van der Waals surface area (Å²) in [6, 6.07) is 4.57. The molecular formula is C18H24N2O5. The summed E-state index contributed by atoms with van der Waals surface area (Å²) in [5, 5.41) is 12.0. The maximum absolute atomic E-state index is 12.4. The van der Waals surface area contributed by atoms with Crippen LogP contribution in [0.15, 0.2) is 18.2 Å². The van der Waals surface area contributed by atoms with Gasteiger partial charge in [-0.2, -0.15) is 0 Å². The fourth-order valence-electron chi connectivity index (χ4n) is 2.93. The maximum atomic E-state index is 12.4. The van der Waals surface area contributed by atoms with E-state index in [1.165, 1.54) is 12.1 Å². The number of hydrogen-bond acceptors (Lipinski definition) is 4. The van der Waals surface area contributed by atoms with Crippen molar-refractivity contribution in [1.29, 1.82) is 0 Å². The van der Waals surface area contributed by atoms with Gasteiger partial charge in [-0.1, -0.05) is 0 Å². The first-order chi connectivity index (χ1) is 11.9. The van der Waals surface area contributed by atoms with Gasteiger partial charge in [-0.05, 0) is 43.5 Å². The Bertz CT molecular complexity index is 651. The van der Waals surface area contributed by atoms with Crippen molar-refractivity contribution in [2.75, 3.05) is 26.8 Å². The number of rotatable bonds is 6. The summed E-state index contributed by atoms with van der Waals surface area (Å²) in [6.45, 7) is 3.37. The molecule has 25 heavy (non-hydrogen) atoms. The quantitative estimate of drug-likeness (QED) is 0.811. The minimum absolute atomic E-state index is 0.0206. The number of hydrogen-bond donors (Lipinski definition) is 2. The second-order valence-electron chi connectivity index (χ2n) is 6.26. The molecule has 2 amide bonds. The summed E-state index contributed by atoms with van der Waals surface area (Å²) in [5.41, 5.74) is 1.17. The second-order valence-corrected chi connectivity index (χ2v) is 6.26. The lowest BCUT2D eigenvalue weighted by molar-refractivity contribution is -0.133. The topological polar surface area (TPSA) is 95.9 Å². The highest BCUT2D eigenvalue weighted by Gasteiger charge is 2.24. The van der Waals surface area contributed by atoms with Gasteiger partial charge in [-0.15, -0.1) is 0 Å². The SMILES string of the molecule is COCCC(=O)N1CCC(NC(=O)c2cc(C)cc(C(=O)O)c2)CC1. The van der Waals surface area contributed by atoms with E-state index in [1.54, 1.807) is 25.0 Å². The number of carbonyl (C=O) groups is 3. The highest BCUT2D eigenvalue weighted by molar-refractivity contribution is 5.98. The molecule has 0 saturated carbocycles. The van der Waals surface area contributed by atoms with E-state index in [0.717, 1.165) is 5.56 Å². The zero-order valence-corrected chi connectivity index (χ0v) is 14.6. The molecule has 7 nitrogen and oxygen atoms in total. The Labute approximate surface area is 147 Å². The van der Waals surface area contributed by atoms with E-state index in [9.17, 15) is 14.4 Å². The Hall–Kier alpha value is -2.41. The van der Waals surface area contributed by atoms with Gasteiger partial charge in [-0.3, -0.25) is 9.59 Å². The van der Waals surface area contributed by atoms with Gasteiger partial charge in [0.25, 0.3) is 5.91 Å². The van der Waals surface area contributed by atoms with Gasteiger partial charge in [-0.25, -0.2) is 4.79 Å². The number of likely N-dealkylation sites (tertiary alicyclic amines) is 1. The monoisotopic (exact) mass is 348 g/mol. The van der Waals surface area contributed by atoms with Gasteiger partial charge in [0.05, 0.1) is 18.6 Å². The van der Waals surface area contributed by atoms with Crippen LogP contribution in [0.25, 0.3) is 0 Å². The van der Waals surface area contributed by atoms with Gasteiger partial charge >= 0.3 is 5.97 Å². The van der Waals surface area contributed by atoms with Crippen LogP contribution in [-0.2, 0) is 9.53 Å². The predicted molar refractivity (Wildman–Crippen MR) is 91.7 cm³/mol. The molecule has 0 aliphatic carbocycles. The fourth-order valence-corrected chi connectivity index (χ4v) is 2.93. The van der Waals surface area contributed by atoms with Gasteiger partial charge in [0.15, 0.2) is 0 Å². The van der Waals surface area contributed by atoms with Crippen molar-refractivity contribution in [2.24, 2.45) is 0 Å². The van der Waals surface area contributed by atoms with Crippen molar-refractivity contribution in [3.05, 3.63) is 34.9 Å². The van der Waals surface area contributed by atoms with Crippen molar-refractivity contribution in [3.8, 4) is 0 Å². The number of carboxylic acids is 1. The smallest absolute Gasteiger partial charge is 0.335 e. The molecule has 0 unspecified atom stereocenters.